The Kier molecular flexibility index (Phi) is 2.26. The SMILES string of the molecule is CC(C)(C)c1ccc2c(c1)CCCN2. The maximum absolute atomic E-state index is 3.44. The first-order valence-corrected chi connectivity index (χ1v) is 5.45. The lowest BCUT2D eigenvalue weighted by molar-refractivity contribution is 0.588. The van der Waals surface area contributed by atoms with E-state index in [0.717, 1.165) is 6.54 Å². The zero-order valence-electron chi connectivity index (χ0n) is 9.35. The summed E-state index contributed by atoms with van der Waals surface area (Å²) in [5.74, 6) is 0. The zero-order valence-corrected chi connectivity index (χ0v) is 9.35. The van der Waals surface area contributed by atoms with Gasteiger partial charge >= 0.3 is 0 Å². The van der Waals surface area contributed by atoms with Gasteiger partial charge in [-0.1, -0.05) is 32.9 Å². The van der Waals surface area contributed by atoms with Crippen LogP contribution < -0.4 is 5.32 Å². The number of fused-ring (bicyclic) bond motifs is 1. The number of hydrogen-bond acceptors (Lipinski definition) is 1. The average molecular weight is 189 g/mol. The van der Waals surface area contributed by atoms with E-state index >= 15 is 0 Å². The molecule has 1 aromatic carbocycles. The molecule has 0 bridgehead atoms. The summed E-state index contributed by atoms with van der Waals surface area (Å²) >= 11 is 0. The Labute approximate surface area is 86.5 Å². The summed E-state index contributed by atoms with van der Waals surface area (Å²) in [6.07, 6.45) is 2.49. The minimum Gasteiger partial charge on any atom is -0.385 e. The highest BCUT2D eigenvalue weighted by atomic mass is 14.9. The second kappa shape index (κ2) is 3.30. The van der Waals surface area contributed by atoms with Crippen LogP contribution in [0.5, 0.6) is 0 Å². The molecule has 1 aromatic rings. The number of hydrogen-bond donors (Lipinski definition) is 1. The fraction of sp³-hybridized carbons (Fsp3) is 0.538. The minimum absolute atomic E-state index is 0.270. The Morgan fingerprint density at radius 1 is 1.21 bits per heavy atom. The van der Waals surface area contributed by atoms with Crippen LogP contribution in [0.3, 0.4) is 0 Å². The molecule has 0 saturated heterocycles. The van der Waals surface area contributed by atoms with Gasteiger partial charge in [-0.05, 0) is 35.4 Å². The van der Waals surface area contributed by atoms with Gasteiger partial charge in [0, 0.05) is 12.2 Å². The van der Waals surface area contributed by atoms with Crippen molar-refractivity contribution in [2.24, 2.45) is 0 Å². The number of anilines is 1. The van der Waals surface area contributed by atoms with Crippen LogP contribution in [0.15, 0.2) is 18.2 Å². The third-order valence-electron chi connectivity index (χ3n) is 2.91. The van der Waals surface area contributed by atoms with Crippen molar-refractivity contribution in [3.63, 3.8) is 0 Å². The maximum atomic E-state index is 3.44. The molecule has 0 amide bonds. The Hall–Kier alpha value is -0.980. The number of aryl methyl sites for hydroxylation is 1. The van der Waals surface area contributed by atoms with E-state index in [0.29, 0.717) is 0 Å². The van der Waals surface area contributed by atoms with Crippen molar-refractivity contribution in [1.29, 1.82) is 0 Å². The second-order valence-electron chi connectivity index (χ2n) is 5.15. The molecule has 1 N–H and O–H groups in total. The fourth-order valence-electron chi connectivity index (χ4n) is 1.94. The van der Waals surface area contributed by atoms with E-state index in [2.05, 4.69) is 44.3 Å². The molecule has 1 aliphatic heterocycles. The van der Waals surface area contributed by atoms with Crippen molar-refractivity contribution in [2.45, 2.75) is 39.0 Å². The average Bonchev–Trinajstić information content (AvgIpc) is 2.16. The van der Waals surface area contributed by atoms with Gasteiger partial charge in [-0.2, -0.15) is 0 Å². The van der Waals surface area contributed by atoms with E-state index in [4.69, 9.17) is 0 Å². The van der Waals surface area contributed by atoms with E-state index in [1.54, 1.807) is 0 Å². The van der Waals surface area contributed by atoms with Crippen molar-refractivity contribution in [3.05, 3.63) is 29.3 Å². The van der Waals surface area contributed by atoms with Gasteiger partial charge in [-0.15, -0.1) is 0 Å². The Bertz CT molecular complexity index is 334. The van der Waals surface area contributed by atoms with E-state index in [-0.39, 0.29) is 5.41 Å². The highest BCUT2D eigenvalue weighted by Gasteiger charge is 2.16. The lowest BCUT2D eigenvalue weighted by Gasteiger charge is -2.24. The normalized spacial score (nSPS) is 15.9. The quantitative estimate of drug-likeness (QED) is 0.660. The molecule has 76 valence electrons. The molecule has 0 atom stereocenters. The van der Waals surface area contributed by atoms with Gasteiger partial charge in [0.15, 0.2) is 0 Å². The van der Waals surface area contributed by atoms with Crippen LogP contribution in [-0.2, 0) is 11.8 Å². The van der Waals surface area contributed by atoms with Gasteiger partial charge in [-0.25, -0.2) is 0 Å². The fourth-order valence-corrected chi connectivity index (χ4v) is 1.94. The summed E-state index contributed by atoms with van der Waals surface area (Å²) in [7, 11) is 0. The Morgan fingerprint density at radius 3 is 2.71 bits per heavy atom. The van der Waals surface area contributed by atoms with Gasteiger partial charge in [0.1, 0.15) is 0 Å². The number of rotatable bonds is 0. The largest absolute Gasteiger partial charge is 0.385 e. The molecule has 0 aliphatic carbocycles. The van der Waals surface area contributed by atoms with Crippen LogP contribution in [0, 0.1) is 0 Å². The molecule has 14 heavy (non-hydrogen) atoms. The first-order chi connectivity index (χ1) is 6.57. The van der Waals surface area contributed by atoms with Crippen molar-refractivity contribution < 1.29 is 0 Å². The standard InChI is InChI=1S/C13H19N/c1-13(2,3)11-6-7-12-10(9-11)5-4-8-14-12/h6-7,9,14H,4-5,8H2,1-3H3. The van der Waals surface area contributed by atoms with Crippen LogP contribution in [-0.4, -0.2) is 6.54 Å². The molecule has 0 aromatic heterocycles. The zero-order chi connectivity index (χ0) is 10.2. The summed E-state index contributed by atoms with van der Waals surface area (Å²) < 4.78 is 0. The van der Waals surface area contributed by atoms with Crippen molar-refractivity contribution in [3.8, 4) is 0 Å². The van der Waals surface area contributed by atoms with E-state index in [1.807, 2.05) is 0 Å². The highest BCUT2D eigenvalue weighted by Crippen LogP contribution is 2.29. The molecule has 1 heterocycles. The summed E-state index contributed by atoms with van der Waals surface area (Å²) in [5, 5.41) is 3.44. The van der Waals surface area contributed by atoms with Crippen molar-refractivity contribution in [1.82, 2.24) is 0 Å². The van der Waals surface area contributed by atoms with E-state index in [9.17, 15) is 0 Å². The first kappa shape index (κ1) is 9.57. The third-order valence-corrected chi connectivity index (χ3v) is 2.91. The van der Waals surface area contributed by atoms with E-state index in [1.165, 1.54) is 29.7 Å². The highest BCUT2D eigenvalue weighted by molar-refractivity contribution is 5.55. The molecule has 0 radical (unpaired) electrons. The van der Waals surface area contributed by atoms with Crippen LogP contribution in [0.25, 0.3) is 0 Å². The summed E-state index contributed by atoms with van der Waals surface area (Å²) in [6.45, 7) is 7.93. The lowest BCUT2D eigenvalue weighted by atomic mass is 9.85. The molecule has 1 heteroatoms. The van der Waals surface area contributed by atoms with Gasteiger partial charge in [-0.3, -0.25) is 0 Å². The summed E-state index contributed by atoms with van der Waals surface area (Å²) in [6, 6.07) is 6.84. The molecule has 1 nitrogen and oxygen atoms in total. The molecule has 0 saturated carbocycles. The van der Waals surface area contributed by atoms with Crippen molar-refractivity contribution >= 4 is 5.69 Å². The maximum Gasteiger partial charge on any atom is 0.0372 e. The predicted octanol–water partition coefficient (Wildman–Crippen LogP) is 3.34. The lowest BCUT2D eigenvalue weighted by Crippen LogP contribution is -2.15. The second-order valence-corrected chi connectivity index (χ2v) is 5.15. The molecule has 0 spiro atoms. The molecule has 2 rings (SSSR count). The van der Waals surface area contributed by atoms with E-state index < -0.39 is 0 Å². The monoisotopic (exact) mass is 189 g/mol. The third kappa shape index (κ3) is 1.77. The van der Waals surface area contributed by atoms with Crippen LogP contribution in [0.4, 0.5) is 5.69 Å². The summed E-state index contributed by atoms with van der Waals surface area (Å²) in [4.78, 5) is 0. The Morgan fingerprint density at radius 2 is 2.00 bits per heavy atom. The molecular weight excluding hydrogens is 170 g/mol. The molecular formula is C13H19N. The molecule has 0 fully saturated rings. The van der Waals surface area contributed by atoms with Gasteiger partial charge in [0.05, 0.1) is 0 Å². The smallest absolute Gasteiger partial charge is 0.0372 e. The van der Waals surface area contributed by atoms with Crippen LogP contribution >= 0.6 is 0 Å². The summed E-state index contributed by atoms with van der Waals surface area (Å²) in [5.41, 5.74) is 4.54. The topological polar surface area (TPSA) is 12.0 Å². The van der Waals surface area contributed by atoms with Crippen LogP contribution in [0.1, 0.15) is 38.3 Å². The van der Waals surface area contributed by atoms with Gasteiger partial charge in [0.25, 0.3) is 0 Å². The van der Waals surface area contributed by atoms with Gasteiger partial charge < -0.3 is 5.32 Å². The first-order valence-electron chi connectivity index (χ1n) is 5.45. The molecule has 0 unspecified atom stereocenters. The number of nitrogens with one attached hydrogen (secondary N) is 1. The number of benzene rings is 1. The van der Waals surface area contributed by atoms with Crippen LogP contribution in [0.2, 0.25) is 0 Å². The Balaban J connectivity index is 2.39. The molecule has 1 aliphatic rings. The minimum atomic E-state index is 0.270. The predicted molar refractivity (Wildman–Crippen MR) is 62.0 cm³/mol. The van der Waals surface area contributed by atoms with Crippen molar-refractivity contribution in [2.75, 3.05) is 11.9 Å². The van der Waals surface area contributed by atoms with Gasteiger partial charge in [0.2, 0.25) is 0 Å².